The minimum Gasteiger partial charge on any atom is -0.379 e. The Kier molecular flexibility index (Phi) is 6.11. The number of anilines is 1. The van der Waals surface area contributed by atoms with Gasteiger partial charge in [-0.2, -0.15) is 0 Å². The highest BCUT2D eigenvalue weighted by atomic mass is 32.2. The number of amides is 1. The normalized spacial score (nSPS) is 15.2. The quantitative estimate of drug-likeness (QED) is 0.402. The number of morpholine rings is 1. The number of hydrogen-bond donors (Lipinski definition) is 0. The van der Waals surface area contributed by atoms with Crippen LogP contribution < -0.4 is 4.90 Å². The molecule has 0 saturated carbocycles. The average molecular weight is 500 g/mol. The Morgan fingerprint density at radius 1 is 1.15 bits per heavy atom. The van der Waals surface area contributed by atoms with Crippen molar-refractivity contribution in [3.63, 3.8) is 0 Å². The Bertz CT molecular complexity index is 1470. The van der Waals surface area contributed by atoms with Crippen LogP contribution in [0.3, 0.4) is 0 Å². The number of sulfone groups is 1. The first-order valence-corrected chi connectivity index (χ1v) is 13.7. The summed E-state index contributed by atoms with van der Waals surface area (Å²) in [6, 6.07) is 10.7. The van der Waals surface area contributed by atoms with Gasteiger partial charge in [0.2, 0.25) is 0 Å². The molecule has 4 aromatic rings. The van der Waals surface area contributed by atoms with Crippen LogP contribution in [0.1, 0.15) is 16.2 Å². The third-order valence-electron chi connectivity index (χ3n) is 5.90. The molecular weight excluding hydrogens is 474 g/mol. The Morgan fingerprint density at radius 2 is 1.94 bits per heavy atom. The smallest absolute Gasteiger partial charge is 0.279 e. The molecule has 0 N–H and O–H groups in total. The third kappa shape index (κ3) is 4.31. The van der Waals surface area contributed by atoms with E-state index >= 15 is 0 Å². The molecule has 34 heavy (non-hydrogen) atoms. The third-order valence-corrected chi connectivity index (χ3v) is 8.07. The van der Waals surface area contributed by atoms with E-state index in [9.17, 15) is 13.2 Å². The molecule has 1 aliphatic rings. The first-order chi connectivity index (χ1) is 16.3. The number of rotatable bonds is 6. The van der Waals surface area contributed by atoms with Crippen LogP contribution in [0.5, 0.6) is 0 Å². The van der Waals surface area contributed by atoms with Gasteiger partial charge in [0.1, 0.15) is 16.9 Å². The molecule has 178 valence electrons. The molecule has 0 aliphatic carbocycles. The number of imidazole rings is 1. The zero-order valence-electron chi connectivity index (χ0n) is 19.0. The zero-order valence-corrected chi connectivity index (χ0v) is 20.6. The molecule has 11 heteroatoms. The van der Waals surface area contributed by atoms with E-state index in [1.165, 1.54) is 17.6 Å². The summed E-state index contributed by atoms with van der Waals surface area (Å²) in [7, 11) is -3.47. The van der Waals surface area contributed by atoms with Gasteiger partial charge >= 0.3 is 0 Å². The van der Waals surface area contributed by atoms with Gasteiger partial charge in [-0.05, 0) is 31.2 Å². The van der Waals surface area contributed by atoms with Gasteiger partial charge in [-0.1, -0.05) is 23.5 Å². The van der Waals surface area contributed by atoms with E-state index in [2.05, 4.69) is 14.9 Å². The van der Waals surface area contributed by atoms with Crippen LogP contribution in [0, 0.1) is 6.92 Å². The standard InChI is InChI=1S/C23H25N5O4S2/c1-16-21(27-9-4-3-8-19(27)24-16)22(29)28(11-10-26-12-14-32-15-13-26)23-25-20-17(33-23)6-5-7-18(20)34(2,30)31/h3-9H,10-15H2,1-2H3. The van der Waals surface area contributed by atoms with Gasteiger partial charge in [-0.15, -0.1) is 0 Å². The van der Waals surface area contributed by atoms with Gasteiger partial charge in [0, 0.05) is 38.6 Å². The molecule has 0 radical (unpaired) electrons. The van der Waals surface area contributed by atoms with Crippen LogP contribution >= 0.6 is 11.3 Å². The lowest BCUT2D eigenvalue weighted by Gasteiger charge is -2.29. The van der Waals surface area contributed by atoms with Crippen molar-refractivity contribution in [3.8, 4) is 0 Å². The number of carbonyl (C=O) groups excluding carboxylic acids is 1. The number of aromatic nitrogens is 3. The predicted octanol–water partition coefficient (Wildman–Crippen LogP) is 2.63. The SMILES string of the molecule is Cc1nc2ccccn2c1C(=O)N(CCN1CCOCC1)c1nc2c(S(C)(=O)=O)cccc2s1. The van der Waals surface area contributed by atoms with E-state index in [0.29, 0.717) is 54.0 Å². The summed E-state index contributed by atoms with van der Waals surface area (Å²) in [6.07, 6.45) is 2.99. The van der Waals surface area contributed by atoms with Crippen LogP contribution in [0.2, 0.25) is 0 Å². The summed E-state index contributed by atoms with van der Waals surface area (Å²) in [5.74, 6) is -0.218. The molecule has 1 aromatic carbocycles. The van der Waals surface area contributed by atoms with Crippen LogP contribution in [0.15, 0.2) is 47.5 Å². The van der Waals surface area contributed by atoms with Crippen LogP contribution in [0.25, 0.3) is 15.9 Å². The number of fused-ring (bicyclic) bond motifs is 2. The molecule has 1 fully saturated rings. The van der Waals surface area contributed by atoms with E-state index in [4.69, 9.17) is 4.74 Å². The lowest BCUT2D eigenvalue weighted by Crippen LogP contribution is -2.43. The molecule has 1 amide bonds. The van der Waals surface area contributed by atoms with Crippen LogP contribution in [-0.4, -0.2) is 79.2 Å². The Balaban J connectivity index is 1.58. The fourth-order valence-corrected chi connectivity index (χ4v) is 6.09. The van der Waals surface area contributed by atoms with Crippen molar-refractivity contribution < 1.29 is 17.9 Å². The Morgan fingerprint density at radius 3 is 2.71 bits per heavy atom. The number of hydrogen-bond acceptors (Lipinski definition) is 8. The molecule has 0 atom stereocenters. The van der Waals surface area contributed by atoms with E-state index in [1.54, 1.807) is 21.4 Å². The highest BCUT2D eigenvalue weighted by molar-refractivity contribution is 7.91. The highest BCUT2D eigenvalue weighted by Crippen LogP contribution is 2.33. The molecule has 0 spiro atoms. The van der Waals surface area contributed by atoms with Gasteiger partial charge in [-0.25, -0.2) is 18.4 Å². The second kappa shape index (κ2) is 9.06. The van der Waals surface area contributed by atoms with Crippen molar-refractivity contribution in [3.05, 3.63) is 54.0 Å². The topological polar surface area (TPSA) is 97.1 Å². The summed E-state index contributed by atoms with van der Waals surface area (Å²) in [5.41, 5.74) is 2.19. The molecule has 0 unspecified atom stereocenters. The van der Waals surface area contributed by atoms with E-state index in [1.807, 2.05) is 37.4 Å². The second-order valence-electron chi connectivity index (χ2n) is 8.26. The average Bonchev–Trinajstić information content (AvgIpc) is 3.39. The first kappa shape index (κ1) is 22.9. The Hall–Kier alpha value is -2.86. The van der Waals surface area contributed by atoms with Gasteiger partial charge in [0.05, 0.1) is 28.5 Å². The number of nitrogens with zero attached hydrogens (tertiary/aromatic N) is 5. The minimum atomic E-state index is -3.47. The number of pyridine rings is 1. The molecule has 0 bridgehead atoms. The lowest BCUT2D eigenvalue weighted by molar-refractivity contribution is 0.0391. The molecule has 5 rings (SSSR count). The molecule has 3 aromatic heterocycles. The van der Waals surface area contributed by atoms with Gasteiger partial charge in [0.25, 0.3) is 5.91 Å². The monoisotopic (exact) mass is 499 g/mol. The van der Waals surface area contributed by atoms with Crippen molar-refractivity contribution in [2.45, 2.75) is 11.8 Å². The van der Waals surface area contributed by atoms with Crippen molar-refractivity contribution in [1.82, 2.24) is 19.3 Å². The van der Waals surface area contributed by atoms with Crippen molar-refractivity contribution in [2.24, 2.45) is 0 Å². The Labute approximate surface area is 201 Å². The first-order valence-electron chi connectivity index (χ1n) is 11.0. The maximum absolute atomic E-state index is 13.9. The molecule has 1 saturated heterocycles. The minimum absolute atomic E-state index is 0.166. The number of aryl methyl sites for hydroxylation is 1. The summed E-state index contributed by atoms with van der Waals surface area (Å²) < 4.78 is 32.6. The van der Waals surface area contributed by atoms with Gasteiger partial charge in [0.15, 0.2) is 15.0 Å². The fraction of sp³-hybridized carbons (Fsp3) is 0.348. The number of para-hydroxylation sites is 1. The van der Waals surface area contributed by atoms with Crippen molar-refractivity contribution >= 4 is 48.1 Å². The highest BCUT2D eigenvalue weighted by Gasteiger charge is 2.28. The number of benzene rings is 1. The van der Waals surface area contributed by atoms with E-state index < -0.39 is 9.84 Å². The van der Waals surface area contributed by atoms with Crippen molar-refractivity contribution in [1.29, 1.82) is 0 Å². The van der Waals surface area contributed by atoms with E-state index in [-0.39, 0.29) is 10.8 Å². The predicted molar refractivity (Wildman–Crippen MR) is 132 cm³/mol. The maximum atomic E-state index is 13.9. The second-order valence-corrected chi connectivity index (χ2v) is 11.3. The molecule has 1 aliphatic heterocycles. The largest absolute Gasteiger partial charge is 0.379 e. The van der Waals surface area contributed by atoms with Gasteiger partial charge in [-0.3, -0.25) is 19.0 Å². The number of thiazole rings is 1. The number of carbonyl (C=O) groups is 1. The summed E-state index contributed by atoms with van der Waals surface area (Å²) in [5, 5.41) is 0.467. The molecular formula is C23H25N5O4S2. The summed E-state index contributed by atoms with van der Waals surface area (Å²) >= 11 is 1.32. The molecule has 4 heterocycles. The van der Waals surface area contributed by atoms with Crippen molar-refractivity contribution in [2.75, 3.05) is 50.5 Å². The zero-order chi connectivity index (χ0) is 23.9. The summed E-state index contributed by atoms with van der Waals surface area (Å²) in [6.45, 7) is 5.81. The fourth-order valence-electron chi connectivity index (χ4n) is 4.18. The number of ether oxygens (including phenoxy) is 1. The van der Waals surface area contributed by atoms with Gasteiger partial charge < -0.3 is 4.74 Å². The molecule has 9 nitrogen and oxygen atoms in total. The van der Waals surface area contributed by atoms with Crippen LogP contribution in [-0.2, 0) is 14.6 Å². The summed E-state index contributed by atoms with van der Waals surface area (Å²) in [4.78, 5) is 27.2. The van der Waals surface area contributed by atoms with Crippen LogP contribution in [0.4, 0.5) is 5.13 Å². The maximum Gasteiger partial charge on any atom is 0.279 e. The lowest BCUT2D eigenvalue weighted by atomic mass is 10.3. The van der Waals surface area contributed by atoms with E-state index in [0.717, 1.165) is 17.8 Å².